The van der Waals surface area contributed by atoms with Crippen LogP contribution in [0.4, 0.5) is 0 Å². The number of aryl methyl sites for hydroxylation is 2. The van der Waals surface area contributed by atoms with Gasteiger partial charge in [-0.15, -0.1) is 5.10 Å². The summed E-state index contributed by atoms with van der Waals surface area (Å²) in [5.41, 5.74) is 7.97. The highest BCUT2D eigenvalue weighted by molar-refractivity contribution is 5.91. The van der Waals surface area contributed by atoms with E-state index in [0.717, 1.165) is 18.5 Å². The number of aromatic nitrogens is 5. The number of hydrogen-bond donors (Lipinski definition) is 3. The predicted octanol–water partition coefficient (Wildman–Crippen LogP) is -0.369. The average molecular weight is 277 g/mol. The summed E-state index contributed by atoms with van der Waals surface area (Å²) in [5.74, 6) is -0.211. The first-order valence-electron chi connectivity index (χ1n) is 6.58. The third kappa shape index (κ3) is 3.64. The molecule has 2 aromatic rings. The van der Waals surface area contributed by atoms with Crippen molar-refractivity contribution in [3.63, 3.8) is 0 Å². The van der Waals surface area contributed by atoms with E-state index in [4.69, 9.17) is 5.73 Å². The molecule has 0 aromatic carbocycles. The molecule has 0 saturated heterocycles. The molecular weight excluding hydrogens is 258 g/mol. The lowest BCUT2D eigenvalue weighted by atomic mass is 10.1. The van der Waals surface area contributed by atoms with E-state index in [-0.39, 0.29) is 5.91 Å². The van der Waals surface area contributed by atoms with Crippen LogP contribution in [-0.2, 0) is 13.0 Å². The number of nitrogens with two attached hydrogens (primary N) is 1. The Kier molecular flexibility index (Phi) is 4.83. The lowest BCUT2D eigenvalue weighted by Gasteiger charge is -2.02. The number of carbonyl (C=O) groups is 1. The van der Waals surface area contributed by atoms with Gasteiger partial charge in [0, 0.05) is 18.8 Å². The summed E-state index contributed by atoms with van der Waals surface area (Å²) in [6, 6.07) is 0. The van der Waals surface area contributed by atoms with Gasteiger partial charge in [-0.05, 0) is 25.3 Å². The monoisotopic (exact) mass is 277 g/mol. The van der Waals surface area contributed by atoms with Gasteiger partial charge in [-0.25, -0.2) is 0 Å². The molecule has 0 fully saturated rings. The van der Waals surface area contributed by atoms with Crippen LogP contribution >= 0.6 is 0 Å². The number of rotatable bonds is 7. The van der Waals surface area contributed by atoms with Crippen LogP contribution in [0.25, 0.3) is 0 Å². The molecule has 0 aliphatic rings. The topological polar surface area (TPSA) is 115 Å². The average Bonchev–Trinajstić information content (AvgIpc) is 3.05. The highest BCUT2D eigenvalue weighted by atomic mass is 16.2. The van der Waals surface area contributed by atoms with Crippen LogP contribution in [-0.4, -0.2) is 44.2 Å². The molecule has 0 aliphatic heterocycles. The van der Waals surface area contributed by atoms with Gasteiger partial charge < -0.3 is 11.1 Å². The summed E-state index contributed by atoms with van der Waals surface area (Å²) in [6.45, 7) is 3.60. The lowest BCUT2D eigenvalue weighted by Crippen LogP contribution is -2.25. The molecular formula is C12H19N7O. The lowest BCUT2D eigenvalue weighted by molar-refractivity contribution is 0.0948. The van der Waals surface area contributed by atoms with Crippen LogP contribution < -0.4 is 11.1 Å². The largest absolute Gasteiger partial charge is 0.351 e. The van der Waals surface area contributed by atoms with Crippen molar-refractivity contribution < 1.29 is 4.79 Å². The van der Waals surface area contributed by atoms with E-state index in [0.29, 0.717) is 25.3 Å². The molecule has 2 aromatic heterocycles. The maximum absolute atomic E-state index is 11.8. The minimum atomic E-state index is -0.211. The van der Waals surface area contributed by atoms with Crippen molar-refractivity contribution in [2.45, 2.75) is 26.3 Å². The van der Waals surface area contributed by atoms with Gasteiger partial charge in [0.15, 0.2) is 5.69 Å². The van der Waals surface area contributed by atoms with E-state index >= 15 is 0 Å². The Morgan fingerprint density at radius 2 is 2.40 bits per heavy atom. The number of nitrogens with one attached hydrogen (secondary N) is 2. The molecule has 0 spiro atoms. The maximum Gasteiger partial charge on any atom is 0.273 e. The molecule has 0 radical (unpaired) electrons. The van der Waals surface area contributed by atoms with Gasteiger partial charge in [-0.1, -0.05) is 5.21 Å². The Balaban J connectivity index is 1.73. The number of hydrogen-bond acceptors (Lipinski definition) is 5. The number of H-pyrrole nitrogens is 1. The maximum atomic E-state index is 11.8. The zero-order valence-electron chi connectivity index (χ0n) is 11.5. The molecule has 0 saturated carbocycles. The van der Waals surface area contributed by atoms with Gasteiger partial charge in [0.1, 0.15) is 0 Å². The fourth-order valence-corrected chi connectivity index (χ4v) is 1.84. The van der Waals surface area contributed by atoms with Crippen LogP contribution in [0.15, 0.2) is 12.4 Å². The Labute approximate surface area is 116 Å². The van der Waals surface area contributed by atoms with E-state index in [1.807, 2.05) is 13.1 Å². The minimum Gasteiger partial charge on any atom is -0.351 e. The third-order valence-corrected chi connectivity index (χ3v) is 2.97. The Morgan fingerprint density at radius 3 is 3.10 bits per heavy atom. The molecule has 4 N–H and O–H groups in total. The molecule has 2 rings (SSSR count). The van der Waals surface area contributed by atoms with Crippen LogP contribution in [0.1, 0.15) is 28.2 Å². The Hall–Kier alpha value is -2.22. The van der Waals surface area contributed by atoms with E-state index in [1.165, 1.54) is 5.56 Å². The SMILES string of the molecule is Cc1[nH]ncc1CCCNC(=O)c1cn(CCN)nn1. The third-order valence-electron chi connectivity index (χ3n) is 2.97. The highest BCUT2D eigenvalue weighted by Crippen LogP contribution is 2.05. The van der Waals surface area contributed by atoms with Crippen LogP contribution in [0.2, 0.25) is 0 Å². The molecule has 108 valence electrons. The van der Waals surface area contributed by atoms with Crippen LogP contribution in [0.3, 0.4) is 0 Å². The fourth-order valence-electron chi connectivity index (χ4n) is 1.84. The molecule has 0 atom stereocenters. The first-order chi connectivity index (χ1) is 9.70. The second-order valence-electron chi connectivity index (χ2n) is 4.54. The molecule has 0 aliphatic carbocycles. The Bertz CT molecular complexity index is 560. The smallest absolute Gasteiger partial charge is 0.273 e. The van der Waals surface area contributed by atoms with E-state index < -0.39 is 0 Å². The summed E-state index contributed by atoms with van der Waals surface area (Å²) in [6.07, 6.45) is 5.14. The van der Waals surface area contributed by atoms with Gasteiger partial charge in [0.2, 0.25) is 0 Å². The number of amides is 1. The molecule has 8 heteroatoms. The van der Waals surface area contributed by atoms with Gasteiger partial charge >= 0.3 is 0 Å². The zero-order valence-corrected chi connectivity index (χ0v) is 11.5. The normalized spacial score (nSPS) is 10.7. The first-order valence-corrected chi connectivity index (χ1v) is 6.58. The van der Waals surface area contributed by atoms with E-state index in [2.05, 4.69) is 25.8 Å². The summed E-state index contributed by atoms with van der Waals surface area (Å²) in [5, 5.41) is 17.3. The summed E-state index contributed by atoms with van der Waals surface area (Å²) in [7, 11) is 0. The molecule has 1 amide bonds. The molecule has 8 nitrogen and oxygen atoms in total. The highest BCUT2D eigenvalue weighted by Gasteiger charge is 2.09. The molecule has 0 unspecified atom stereocenters. The first kappa shape index (κ1) is 14.2. The molecule has 0 bridgehead atoms. The number of carbonyl (C=O) groups excluding carboxylic acids is 1. The van der Waals surface area contributed by atoms with Gasteiger partial charge in [-0.2, -0.15) is 5.10 Å². The van der Waals surface area contributed by atoms with Crippen molar-refractivity contribution in [1.29, 1.82) is 0 Å². The van der Waals surface area contributed by atoms with E-state index in [9.17, 15) is 4.79 Å². The van der Waals surface area contributed by atoms with Gasteiger partial charge in [0.05, 0.1) is 18.9 Å². The number of aromatic amines is 1. The van der Waals surface area contributed by atoms with Crippen molar-refractivity contribution in [3.8, 4) is 0 Å². The second-order valence-corrected chi connectivity index (χ2v) is 4.54. The predicted molar refractivity (Wildman–Crippen MR) is 73.1 cm³/mol. The minimum absolute atomic E-state index is 0.211. The van der Waals surface area contributed by atoms with Gasteiger partial charge in [-0.3, -0.25) is 14.6 Å². The van der Waals surface area contributed by atoms with Crippen molar-refractivity contribution in [1.82, 2.24) is 30.5 Å². The van der Waals surface area contributed by atoms with Crippen molar-refractivity contribution in [3.05, 3.63) is 29.3 Å². The molecule has 20 heavy (non-hydrogen) atoms. The summed E-state index contributed by atoms with van der Waals surface area (Å²) < 4.78 is 1.56. The fraction of sp³-hybridized carbons (Fsp3) is 0.500. The number of nitrogens with zero attached hydrogens (tertiary/aromatic N) is 4. The zero-order chi connectivity index (χ0) is 14.4. The van der Waals surface area contributed by atoms with Crippen LogP contribution in [0, 0.1) is 6.92 Å². The second kappa shape index (κ2) is 6.80. The quantitative estimate of drug-likeness (QED) is 0.597. The van der Waals surface area contributed by atoms with Gasteiger partial charge in [0.25, 0.3) is 5.91 Å². The molecule has 2 heterocycles. The van der Waals surface area contributed by atoms with Crippen molar-refractivity contribution in [2.24, 2.45) is 5.73 Å². The summed E-state index contributed by atoms with van der Waals surface area (Å²) >= 11 is 0. The van der Waals surface area contributed by atoms with Crippen molar-refractivity contribution in [2.75, 3.05) is 13.1 Å². The Morgan fingerprint density at radius 1 is 1.55 bits per heavy atom. The van der Waals surface area contributed by atoms with Crippen LogP contribution in [0.5, 0.6) is 0 Å². The van der Waals surface area contributed by atoms with Crippen molar-refractivity contribution >= 4 is 5.91 Å². The standard InChI is InChI=1S/C12H19N7O/c1-9-10(7-15-16-9)3-2-5-14-12(20)11-8-19(6-4-13)18-17-11/h7-8H,2-6,13H2,1H3,(H,14,20)(H,15,16). The van der Waals surface area contributed by atoms with E-state index in [1.54, 1.807) is 10.9 Å². The summed E-state index contributed by atoms with van der Waals surface area (Å²) in [4.78, 5) is 11.8.